The van der Waals surface area contributed by atoms with E-state index in [1.54, 1.807) is 12.2 Å². The summed E-state index contributed by atoms with van der Waals surface area (Å²) in [7, 11) is 0. The van der Waals surface area contributed by atoms with Gasteiger partial charge < -0.3 is 5.11 Å². The topological polar surface area (TPSA) is 20.2 Å². The van der Waals surface area contributed by atoms with Crippen molar-refractivity contribution in [3.8, 4) is 0 Å². The number of alkyl halides is 4. The van der Waals surface area contributed by atoms with Crippen LogP contribution >= 0.6 is 69.6 Å². The predicted octanol–water partition coefficient (Wildman–Crippen LogP) is 4.00. The lowest BCUT2D eigenvalue weighted by Crippen LogP contribution is -2.46. The first-order valence-electron chi connectivity index (χ1n) is 4.89. The van der Waals surface area contributed by atoms with E-state index in [0.717, 1.165) is 0 Å². The molecule has 0 aromatic carbocycles. The molecule has 0 heterocycles. The van der Waals surface area contributed by atoms with Crippen molar-refractivity contribution >= 4 is 69.6 Å². The van der Waals surface area contributed by atoms with Gasteiger partial charge in [-0.3, -0.25) is 0 Å². The molecule has 1 fully saturated rings. The van der Waals surface area contributed by atoms with E-state index in [1.165, 1.54) is 0 Å². The van der Waals surface area contributed by atoms with Gasteiger partial charge in [-0.1, -0.05) is 58.6 Å². The Kier molecular flexibility index (Phi) is 2.66. The summed E-state index contributed by atoms with van der Waals surface area (Å²) in [5.74, 6) is -0.798. The van der Waals surface area contributed by atoms with Crippen LogP contribution in [0.1, 0.15) is 0 Å². The van der Waals surface area contributed by atoms with Crippen molar-refractivity contribution in [2.75, 3.05) is 0 Å². The molecule has 3 aliphatic carbocycles. The molecular formula is C10H6Cl6O. The summed E-state index contributed by atoms with van der Waals surface area (Å²) < 4.78 is -1.56. The summed E-state index contributed by atoms with van der Waals surface area (Å²) in [6, 6.07) is 0. The van der Waals surface area contributed by atoms with Crippen LogP contribution in [0.2, 0.25) is 0 Å². The maximum Gasteiger partial charge on any atom is 0.167 e. The standard InChI is InChI=1S/C10H6Cl6O/c11-6-7(12)9(14)5-3(1-2-4(5)17)8(6,13)10(9,15)16/h1-5,17H/t3-,4?,5+,8+,9-/m0/s1. The molecule has 5 atom stereocenters. The minimum Gasteiger partial charge on any atom is -0.389 e. The Bertz CT molecular complexity index is 471. The van der Waals surface area contributed by atoms with Gasteiger partial charge in [-0.05, 0) is 0 Å². The number of rotatable bonds is 0. The molecule has 0 saturated heterocycles. The van der Waals surface area contributed by atoms with Gasteiger partial charge in [-0.2, -0.15) is 0 Å². The molecule has 0 aromatic rings. The Hall–Kier alpha value is 1.18. The number of allylic oxidation sites excluding steroid dienone is 3. The quantitative estimate of drug-likeness (QED) is 0.515. The molecule has 7 heteroatoms. The summed E-state index contributed by atoms with van der Waals surface area (Å²) in [5.41, 5.74) is 0. The molecule has 0 spiro atoms. The third kappa shape index (κ3) is 1.09. The number of hydrogen-bond acceptors (Lipinski definition) is 1. The Labute approximate surface area is 128 Å². The summed E-state index contributed by atoms with van der Waals surface area (Å²) >= 11 is 37.9. The SMILES string of the molecule is OC1C=C[C@H]2[C@H]1[C@]1(Cl)C(Cl)=C(Cl)[C@@]2(Cl)C1(Cl)Cl. The number of hydrogen-bond donors (Lipinski definition) is 1. The molecule has 17 heavy (non-hydrogen) atoms. The average molecular weight is 355 g/mol. The minimum atomic E-state index is -1.56. The Balaban J connectivity index is 2.32. The molecule has 1 nitrogen and oxygen atoms in total. The zero-order valence-electron chi connectivity index (χ0n) is 8.10. The van der Waals surface area contributed by atoms with E-state index >= 15 is 0 Å². The Morgan fingerprint density at radius 3 is 2.06 bits per heavy atom. The van der Waals surface area contributed by atoms with Gasteiger partial charge in [0.25, 0.3) is 0 Å². The average Bonchev–Trinajstić information content (AvgIpc) is 2.73. The van der Waals surface area contributed by atoms with E-state index < -0.39 is 26.1 Å². The van der Waals surface area contributed by atoms with Crippen molar-refractivity contribution < 1.29 is 5.11 Å². The Morgan fingerprint density at radius 2 is 1.47 bits per heavy atom. The largest absolute Gasteiger partial charge is 0.389 e. The maximum absolute atomic E-state index is 9.97. The van der Waals surface area contributed by atoms with Crippen molar-refractivity contribution in [1.82, 2.24) is 0 Å². The van der Waals surface area contributed by atoms with Crippen molar-refractivity contribution in [1.29, 1.82) is 0 Å². The van der Waals surface area contributed by atoms with Crippen molar-refractivity contribution in [3.05, 3.63) is 22.2 Å². The second-order valence-electron chi connectivity index (χ2n) is 4.55. The van der Waals surface area contributed by atoms with E-state index in [0.29, 0.717) is 0 Å². The fourth-order valence-electron chi connectivity index (χ4n) is 3.12. The van der Waals surface area contributed by atoms with Gasteiger partial charge in [-0.25, -0.2) is 0 Å². The molecule has 0 aliphatic heterocycles. The molecule has 3 rings (SSSR count). The number of aliphatic hydroxyl groups is 1. The molecule has 1 N–H and O–H groups in total. The van der Waals surface area contributed by atoms with Gasteiger partial charge in [0.2, 0.25) is 0 Å². The normalized spacial score (nSPS) is 54.6. The first kappa shape index (κ1) is 13.2. The monoisotopic (exact) mass is 352 g/mol. The van der Waals surface area contributed by atoms with Gasteiger partial charge >= 0.3 is 0 Å². The number of halogens is 6. The second-order valence-corrected chi connectivity index (χ2v) is 7.83. The first-order chi connectivity index (χ1) is 7.70. The van der Waals surface area contributed by atoms with Gasteiger partial charge in [0.05, 0.1) is 16.2 Å². The summed E-state index contributed by atoms with van der Waals surface area (Å²) in [4.78, 5) is -2.64. The van der Waals surface area contributed by atoms with Crippen LogP contribution in [-0.4, -0.2) is 25.3 Å². The van der Waals surface area contributed by atoms with Gasteiger partial charge in [-0.15, -0.1) is 23.2 Å². The van der Waals surface area contributed by atoms with Crippen LogP contribution in [-0.2, 0) is 0 Å². The highest BCUT2D eigenvalue weighted by Gasteiger charge is 2.83. The highest BCUT2D eigenvalue weighted by Crippen LogP contribution is 2.77. The molecule has 2 bridgehead atoms. The third-order valence-corrected chi connectivity index (χ3v) is 8.23. The maximum atomic E-state index is 9.97. The van der Waals surface area contributed by atoms with Crippen LogP contribution in [0.5, 0.6) is 0 Å². The van der Waals surface area contributed by atoms with Gasteiger partial charge in [0.15, 0.2) is 4.33 Å². The second kappa shape index (κ2) is 3.44. The zero-order chi connectivity index (χ0) is 12.8. The lowest BCUT2D eigenvalue weighted by Gasteiger charge is -2.34. The molecule has 1 saturated carbocycles. The lowest BCUT2D eigenvalue weighted by atomic mass is 9.83. The lowest BCUT2D eigenvalue weighted by molar-refractivity contribution is 0.138. The fourth-order valence-corrected chi connectivity index (χ4v) is 6.13. The molecule has 94 valence electrons. The van der Waals surface area contributed by atoms with Crippen LogP contribution in [0.15, 0.2) is 22.2 Å². The van der Waals surface area contributed by atoms with Crippen LogP contribution in [0.3, 0.4) is 0 Å². The highest BCUT2D eigenvalue weighted by atomic mass is 35.5. The van der Waals surface area contributed by atoms with E-state index in [2.05, 4.69) is 0 Å². The van der Waals surface area contributed by atoms with E-state index in [1.807, 2.05) is 0 Å². The molecule has 0 radical (unpaired) electrons. The summed E-state index contributed by atoms with van der Waals surface area (Å²) in [6.07, 6.45) is 2.58. The summed E-state index contributed by atoms with van der Waals surface area (Å²) in [5, 5.41) is 10.3. The van der Waals surface area contributed by atoms with Crippen molar-refractivity contribution in [3.63, 3.8) is 0 Å². The molecule has 0 amide bonds. The number of aliphatic hydroxyl groups excluding tert-OH is 1. The van der Waals surface area contributed by atoms with Crippen molar-refractivity contribution in [2.45, 2.75) is 20.2 Å². The van der Waals surface area contributed by atoms with Crippen molar-refractivity contribution in [2.24, 2.45) is 11.8 Å². The van der Waals surface area contributed by atoms with E-state index in [4.69, 9.17) is 69.6 Å². The molecule has 1 unspecified atom stereocenters. The molecular weight excluding hydrogens is 349 g/mol. The first-order valence-corrected chi connectivity index (χ1v) is 7.15. The van der Waals surface area contributed by atoms with Crippen LogP contribution in [0, 0.1) is 11.8 Å². The zero-order valence-corrected chi connectivity index (χ0v) is 12.6. The predicted molar refractivity (Wildman–Crippen MR) is 72.5 cm³/mol. The van der Waals surface area contributed by atoms with E-state index in [9.17, 15) is 5.11 Å². The minimum absolute atomic E-state index is 0.129. The van der Waals surface area contributed by atoms with E-state index in [-0.39, 0.29) is 16.0 Å². The fraction of sp³-hybridized carbons (Fsp3) is 0.600. The molecule has 0 aromatic heterocycles. The summed E-state index contributed by atoms with van der Waals surface area (Å²) in [6.45, 7) is 0. The van der Waals surface area contributed by atoms with Crippen LogP contribution in [0.25, 0.3) is 0 Å². The van der Waals surface area contributed by atoms with Crippen LogP contribution in [0.4, 0.5) is 0 Å². The third-order valence-electron chi connectivity index (χ3n) is 3.93. The van der Waals surface area contributed by atoms with Gasteiger partial charge in [0.1, 0.15) is 9.75 Å². The highest BCUT2D eigenvalue weighted by molar-refractivity contribution is 6.65. The molecule has 3 aliphatic rings. The van der Waals surface area contributed by atoms with Crippen LogP contribution < -0.4 is 0 Å². The Morgan fingerprint density at radius 1 is 0.941 bits per heavy atom. The number of fused-ring (bicyclic) bond motifs is 5. The smallest absolute Gasteiger partial charge is 0.167 e. The van der Waals surface area contributed by atoms with Gasteiger partial charge in [0, 0.05) is 11.8 Å².